The van der Waals surface area contributed by atoms with Gasteiger partial charge in [0.05, 0.1) is 20.4 Å². The highest BCUT2D eigenvalue weighted by molar-refractivity contribution is 7.99. The van der Waals surface area contributed by atoms with Crippen LogP contribution in [0.4, 0.5) is 10.3 Å². The number of benzene rings is 2. The van der Waals surface area contributed by atoms with Crippen LogP contribution in [-0.2, 0) is 0 Å². The molecule has 21 heavy (non-hydrogen) atoms. The van der Waals surface area contributed by atoms with Crippen LogP contribution in [0.1, 0.15) is 0 Å². The number of thiazole rings is 2. The van der Waals surface area contributed by atoms with Gasteiger partial charge < -0.3 is 11.5 Å². The van der Waals surface area contributed by atoms with Gasteiger partial charge in [-0.25, -0.2) is 9.97 Å². The van der Waals surface area contributed by atoms with Crippen LogP contribution in [0.5, 0.6) is 0 Å². The molecule has 0 aliphatic heterocycles. The zero-order chi connectivity index (χ0) is 14.4. The Morgan fingerprint density at radius 2 is 1.24 bits per heavy atom. The molecule has 7 heteroatoms. The Balaban J connectivity index is 1.70. The first-order chi connectivity index (χ1) is 10.2. The molecule has 0 saturated heterocycles. The fraction of sp³-hybridized carbons (Fsp3) is 0. The molecule has 0 aliphatic rings. The van der Waals surface area contributed by atoms with Crippen LogP contribution in [0.25, 0.3) is 20.4 Å². The minimum absolute atomic E-state index is 0.605. The van der Waals surface area contributed by atoms with Gasteiger partial charge in [-0.05, 0) is 36.4 Å². The molecule has 0 radical (unpaired) electrons. The van der Waals surface area contributed by atoms with Crippen LogP contribution in [-0.4, -0.2) is 9.97 Å². The van der Waals surface area contributed by atoms with Crippen LogP contribution in [0.3, 0.4) is 0 Å². The predicted molar refractivity (Wildman–Crippen MR) is 92.2 cm³/mol. The van der Waals surface area contributed by atoms with Gasteiger partial charge in [-0.15, -0.1) is 0 Å². The second-order valence-electron chi connectivity index (χ2n) is 4.47. The number of anilines is 2. The fourth-order valence-corrected chi connectivity index (χ4v) is 4.70. The van der Waals surface area contributed by atoms with Crippen molar-refractivity contribution in [1.82, 2.24) is 9.97 Å². The number of nitrogens with zero attached hydrogens (tertiary/aromatic N) is 2. The van der Waals surface area contributed by atoms with Gasteiger partial charge in [-0.3, -0.25) is 0 Å². The Morgan fingerprint density at radius 3 is 1.71 bits per heavy atom. The molecule has 0 amide bonds. The van der Waals surface area contributed by atoms with Crippen molar-refractivity contribution >= 4 is 65.1 Å². The first-order valence-corrected chi connectivity index (χ1v) is 8.62. The summed E-state index contributed by atoms with van der Waals surface area (Å²) < 4.78 is 2.22. The summed E-state index contributed by atoms with van der Waals surface area (Å²) in [6, 6.07) is 12.4. The van der Waals surface area contributed by atoms with Crippen LogP contribution < -0.4 is 11.5 Å². The molecular weight excluding hydrogens is 320 g/mol. The van der Waals surface area contributed by atoms with E-state index in [9.17, 15) is 0 Å². The van der Waals surface area contributed by atoms with Crippen molar-refractivity contribution in [2.24, 2.45) is 0 Å². The molecule has 4 N–H and O–H groups in total. The van der Waals surface area contributed by atoms with E-state index in [-0.39, 0.29) is 0 Å². The lowest BCUT2D eigenvalue weighted by molar-refractivity contribution is 1.42. The standard InChI is InChI=1S/C14H10N4S3/c15-13-17-9-3-1-7(5-11(9)20-13)19-8-2-4-10-12(6-8)21-14(16)18-10/h1-6H,(H2,15,17)(H2,16,18). The quantitative estimate of drug-likeness (QED) is 0.575. The molecule has 2 aromatic heterocycles. The van der Waals surface area contributed by atoms with Crippen LogP contribution >= 0.6 is 34.4 Å². The predicted octanol–water partition coefficient (Wildman–Crippen LogP) is 4.22. The maximum atomic E-state index is 5.74. The maximum Gasteiger partial charge on any atom is 0.181 e. The molecule has 0 spiro atoms. The van der Waals surface area contributed by atoms with Crippen molar-refractivity contribution in [2.45, 2.75) is 9.79 Å². The molecule has 0 bridgehead atoms. The second kappa shape index (κ2) is 4.87. The van der Waals surface area contributed by atoms with Crippen molar-refractivity contribution in [3.63, 3.8) is 0 Å². The minimum atomic E-state index is 0.605. The van der Waals surface area contributed by atoms with Gasteiger partial charge in [-0.2, -0.15) is 0 Å². The lowest BCUT2D eigenvalue weighted by atomic mass is 10.3. The number of hydrogen-bond donors (Lipinski definition) is 2. The molecule has 104 valence electrons. The lowest BCUT2D eigenvalue weighted by Crippen LogP contribution is -1.79. The summed E-state index contributed by atoms with van der Waals surface area (Å²) in [5, 5.41) is 1.21. The van der Waals surface area contributed by atoms with E-state index in [1.807, 2.05) is 12.1 Å². The van der Waals surface area contributed by atoms with Crippen molar-refractivity contribution < 1.29 is 0 Å². The van der Waals surface area contributed by atoms with E-state index in [0.29, 0.717) is 10.3 Å². The number of rotatable bonds is 2. The van der Waals surface area contributed by atoms with Gasteiger partial charge >= 0.3 is 0 Å². The van der Waals surface area contributed by atoms with Crippen molar-refractivity contribution in [3.8, 4) is 0 Å². The Hall–Kier alpha value is -1.83. The first-order valence-electron chi connectivity index (χ1n) is 6.17. The number of nitrogens with two attached hydrogens (primary N) is 2. The van der Waals surface area contributed by atoms with E-state index >= 15 is 0 Å². The summed E-state index contributed by atoms with van der Waals surface area (Å²) in [5.74, 6) is 0. The zero-order valence-electron chi connectivity index (χ0n) is 10.7. The molecule has 4 aromatic rings. The molecule has 0 aliphatic carbocycles. The molecular formula is C14H10N4S3. The summed E-state index contributed by atoms with van der Waals surface area (Å²) in [7, 11) is 0. The minimum Gasteiger partial charge on any atom is -0.375 e. The molecule has 0 saturated carbocycles. The van der Waals surface area contributed by atoms with Gasteiger partial charge in [0.2, 0.25) is 0 Å². The summed E-state index contributed by atoms with van der Waals surface area (Å²) >= 11 is 4.74. The Morgan fingerprint density at radius 1 is 0.762 bits per heavy atom. The molecule has 2 aromatic carbocycles. The van der Waals surface area contributed by atoms with Crippen LogP contribution in [0.2, 0.25) is 0 Å². The van der Waals surface area contributed by atoms with Crippen LogP contribution in [0, 0.1) is 0 Å². The summed E-state index contributed by atoms with van der Waals surface area (Å²) in [4.78, 5) is 10.9. The highest BCUT2D eigenvalue weighted by Crippen LogP contribution is 2.35. The fourth-order valence-electron chi connectivity index (χ4n) is 2.11. The monoisotopic (exact) mass is 330 g/mol. The zero-order valence-corrected chi connectivity index (χ0v) is 13.2. The molecule has 0 atom stereocenters. The van der Waals surface area contributed by atoms with E-state index in [4.69, 9.17) is 11.5 Å². The van der Waals surface area contributed by atoms with E-state index < -0.39 is 0 Å². The average molecular weight is 330 g/mol. The number of nitrogen functional groups attached to an aromatic ring is 2. The van der Waals surface area contributed by atoms with Crippen molar-refractivity contribution in [1.29, 1.82) is 0 Å². The molecule has 2 heterocycles. The van der Waals surface area contributed by atoms with E-state index in [1.54, 1.807) is 11.8 Å². The summed E-state index contributed by atoms with van der Waals surface area (Å²) in [6.45, 7) is 0. The first kappa shape index (κ1) is 12.9. The lowest BCUT2D eigenvalue weighted by Gasteiger charge is -2.01. The topological polar surface area (TPSA) is 77.8 Å². The van der Waals surface area contributed by atoms with E-state index in [1.165, 1.54) is 32.5 Å². The van der Waals surface area contributed by atoms with E-state index in [0.717, 1.165) is 20.4 Å². The highest BCUT2D eigenvalue weighted by Gasteiger charge is 2.06. The second-order valence-corrected chi connectivity index (χ2v) is 7.74. The van der Waals surface area contributed by atoms with E-state index in [2.05, 4.69) is 34.2 Å². The SMILES string of the molecule is Nc1nc2ccc(Sc3ccc4nc(N)sc4c3)cc2s1. The Labute approximate surface area is 132 Å². The Kier molecular flexibility index (Phi) is 2.99. The molecule has 4 nitrogen and oxygen atoms in total. The van der Waals surface area contributed by atoms with Gasteiger partial charge in [0.25, 0.3) is 0 Å². The summed E-state index contributed by atoms with van der Waals surface area (Å²) in [5.41, 5.74) is 13.4. The number of hydrogen-bond acceptors (Lipinski definition) is 7. The third kappa shape index (κ3) is 2.44. The molecule has 4 rings (SSSR count). The van der Waals surface area contributed by atoms with Gasteiger partial charge in [0.1, 0.15) is 0 Å². The van der Waals surface area contributed by atoms with Gasteiger partial charge in [-0.1, -0.05) is 34.4 Å². The van der Waals surface area contributed by atoms with Gasteiger partial charge in [0, 0.05) is 9.79 Å². The smallest absolute Gasteiger partial charge is 0.181 e. The Bertz CT molecular complexity index is 879. The largest absolute Gasteiger partial charge is 0.375 e. The summed E-state index contributed by atoms with van der Waals surface area (Å²) in [6.07, 6.45) is 0. The molecule has 0 fully saturated rings. The highest BCUT2D eigenvalue weighted by atomic mass is 32.2. The number of aromatic nitrogens is 2. The van der Waals surface area contributed by atoms with Gasteiger partial charge in [0.15, 0.2) is 10.3 Å². The van der Waals surface area contributed by atoms with Crippen LogP contribution in [0.15, 0.2) is 46.2 Å². The third-order valence-corrected chi connectivity index (χ3v) is 5.66. The van der Waals surface area contributed by atoms with Crippen molar-refractivity contribution in [2.75, 3.05) is 11.5 Å². The average Bonchev–Trinajstić information content (AvgIpc) is 2.98. The maximum absolute atomic E-state index is 5.74. The number of fused-ring (bicyclic) bond motifs is 2. The molecule has 0 unspecified atom stereocenters. The third-order valence-electron chi connectivity index (χ3n) is 2.99. The van der Waals surface area contributed by atoms with Crippen molar-refractivity contribution in [3.05, 3.63) is 36.4 Å². The normalized spacial score (nSPS) is 11.4.